The molecule has 0 bridgehead atoms. The van der Waals surface area contributed by atoms with Crippen molar-refractivity contribution in [2.75, 3.05) is 5.32 Å². The Labute approximate surface area is 154 Å². The Kier molecular flexibility index (Phi) is 4.22. The molecule has 2 aromatic carbocycles. The normalized spacial score (nSPS) is 12.0. The second-order valence-electron chi connectivity index (χ2n) is 6.02. The third kappa shape index (κ3) is 3.08. The maximum Gasteiger partial charge on any atom is 0.337 e. The van der Waals surface area contributed by atoms with Crippen molar-refractivity contribution < 1.29 is 19.4 Å². The van der Waals surface area contributed by atoms with Crippen molar-refractivity contribution in [1.82, 2.24) is 4.98 Å². The molecule has 2 heterocycles. The van der Waals surface area contributed by atoms with Gasteiger partial charge in [-0.1, -0.05) is 30.3 Å². The molecule has 4 rings (SSSR count). The number of para-hydroxylation sites is 1. The number of aromatic hydroxyl groups is 1. The van der Waals surface area contributed by atoms with E-state index in [2.05, 4.69) is 10.3 Å². The number of aromatic nitrogens is 1. The van der Waals surface area contributed by atoms with Crippen molar-refractivity contribution >= 4 is 22.6 Å². The second-order valence-corrected chi connectivity index (χ2v) is 6.02. The molecule has 0 aliphatic heterocycles. The van der Waals surface area contributed by atoms with Crippen LogP contribution in [0.1, 0.15) is 27.7 Å². The van der Waals surface area contributed by atoms with E-state index in [0.717, 1.165) is 5.39 Å². The average molecular weight is 360 g/mol. The van der Waals surface area contributed by atoms with Crippen LogP contribution in [0.25, 0.3) is 10.9 Å². The molecule has 1 atom stereocenters. The van der Waals surface area contributed by atoms with E-state index in [4.69, 9.17) is 4.42 Å². The van der Waals surface area contributed by atoms with Crippen molar-refractivity contribution in [3.05, 3.63) is 90.0 Å². The molecule has 0 aliphatic carbocycles. The summed E-state index contributed by atoms with van der Waals surface area (Å²) in [6.45, 7) is 0. The number of nitrogens with one attached hydrogen (secondary N) is 1. The number of nitrogens with zero attached hydrogens (tertiary/aromatic N) is 1. The molecule has 0 radical (unpaired) electrons. The summed E-state index contributed by atoms with van der Waals surface area (Å²) in [6.07, 6.45) is 3.14. The Morgan fingerprint density at radius 2 is 1.89 bits per heavy atom. The largest absolute Gasteiger partial charge is 0.505 e. The summed E-state index contributed by atoms with van der Waals surface area (Å²) in [7, 11) is 0. The number of phenolic OH excluding ortho intramolecular Hbond substituents is 1. The monoisotopic (exact) mass is 360 g/mol. The SMILES string of the molecule is O=C(O)c1ccccc1NC(c1ccco1)c1ccc2cccnc2c1O. The quantitative estimate of drug-likeness (QED) is 0.487. The maximum atomic E-state index is 11.5. The minimum atomic E-state index is -1.04. The third-order valence-electron chi connectivity index (χ3n) is 4.38. The number of carboxylic acids is 1. The molecule has 0 saturated heterocycles. The van der Waals surface area contributed by atoms with E-state index in [9.17, 15) is 15.0 Å². The number of benzene rings is 2. The number of anilines is 1. The van der Waals surface area contributed by atoms with Crippen LogP contribution in [0.5, 0.6) is 5.75 Å². The first-order valence-corrected chi connectivity index (χ1v) is 8.34. The molecule has 6 nitrogen and oxygen atoms in total. The summed E-state index contributed by atoms with van der Waals surface area (Å²) in [6, 6.07) is 16.8. The highest BCUT2D eigenvalue weighted by Gasteiger charge is 2.23. The Bertz CT molecular complexity index is 1110. The summed E-state index contributed by atoms with van der Waals surface area (Å²) >= 11 is 0. The van der Waals surface area contributed by atoms with Gasteiger partial charge < -0.3 is 19.9 Å². The fourth-order valence-corrected chi connectivity index (χ4v) is 3.09. The number of hydrogen-bond acceptors (Lipinski definition) is 5. The summed E-state index contributed by atoms with van der Waals surface area (Å²) in [4.78, 5) is 15.8. The van der Waals surface area contributed by atoms with E-state index in [-0.39, 0.29) is 11.3 Å². The van der Waals surface area contributed by atoms with Crippen LogP contribution in [0.2, 0.25) is 0 Å². The lowest BCUT2D eigenvalue weighted by atomic mass is 10.00. The number of carbonyl (C=O) groups is 1. The van der Waals surface area contributed by atoms with Gasteiger partial charge in [0.25, 0.3) is 0 Å². The Hall–Kier alpha value is -3.80. The highest BCUT2D eigenvalue weighted by molar-refractivity contribution is 5.94. The van der Waals surface area contributed by atoms with Gasteiger partial charge in [-0.25, -0.2) is 4.79 Å². The molecule has 134 valence electrons. The Morgan fingerprint density at radius 1 is 1.04 bits per heavy atom. The van der Waals surface area contributed by atoms with Gasteiger partial charge in [-0.05, 0) is 30.3 Å². The van der Waals surface area contributed by atoms with E-state index in [1.807, 2.05) is 12.1 Å². The van der Waals surface area contributed by atoms with Gasteiger partial charge in [0.1, 0.15) is 23.1 Å². The number of aromatic carboxylic acids is 1. The highest BCUT2D eigenvalue weighted by atomic mass is 16.4. The molecule has 0 spiro atoms. The van der Waals surface area contributed by atoms with E-state index in [1.165, 1.54) is 12.3 Å². The molecule has 3 N–H and O–H groups in total. The zero-order valence-electron chi connectivity index (χ0n) is 14.2. The molecular weight excluding hydrogens is 344 g/mol. The number of carboxylic acid groups (broad SMARTS) is 1. The lowest BCUT2D eigenvalue weighted by Crippen LogP contribution is -2.14. The molecule has 0 saturated carbocycles. The smallest absolute Gasteiger partial charge is 0.337 e. The number of hydrogen-bond donors (Lipinski definition) is 3. The molecule has 0 aliphatic rings. The minimum absolute atomic E-state index is 0.0230. The number of rotatable bonds is 5. The van der Waals surface area contributed by atoms with Crippen LogP contribution in [0.4, 0.5) is 5.69 Å². The van der Waals surface area contributed by atoms with Gasteiger partial charge in [0.05, 0.1) is 11.8 Å². The van der Waals surface area contributed by atoms with Crippen molar-refractivity contribution in [3.8, 4) is 5.75 Å². The minimum Gasteiger partial charge on any atom is -0.505 e. The molecule has 0 amide bonds. The first-order chi connectivity index (χ1) is 13.1. The highest BCUT2D eigenvalue weighted by Crippen LogP contribution is 2.37. The van der Waals surface area contributed by atoms with Crippen LogP contribution < -0.4 is 5.32 Å². The van der Waals surface area contributed by atoms with E-state index < -0.39 is 12.0 Å². The summed E-state index contributed by atoms with van der Waals surface area (Å²) < 4.78 is 5.55. The number of fused-ring (bicyclic) bond motifs is 1. The van der Waals surface area contributed by atoms with Gasteiger partial charge in [-0.2, -0.15) is 0 Å². The van der Waals surface area contributed by atoms with Crippen LogP contribution >= 0.6 is 0 Å². The van der Waals surface area contributed by atoms with E-state index in [0.29, 0.717) is 22.5 Å². The second kappa shape index (κ2) is 6.84. The van der Waals surface area contributed by atoms with Crippen molar-refractivity contribution in [2.45, 2.75) is 6.04 Å². The molecular formula is C21H16N2O4. The van der Waals surface area contributed by atoms with Crippen LogP contribution in [-0.2, 0) is 0 Å². The lowest BCUT2D eigenvalue weighted by molar-refractivity contribution is 0.0698. The van der Waals surface area contributed by atoms with E-state index in [1.54, 1.807) is 48.7 Å². The summed E-state index contributed by atoms with van der Waals surface area (Å²) in [5.41, 5.74) is 1.57. The fraction of sp³-hybridized carbons (Fsp3) is 0.0476. The predicted molar refractivity (Wildman–Crippen MR) is 101 cm³/mol. The van der Waals surface area contributed by atoms with Gasteiger partial charge in [-0.3, -0.25) is 4.98 Å². The molecule has 0 fully saturated rings. The molecule has 4 aromatic rings. The first-order valence-electron chi connectivity index (χ1n) is 8.34. The maximum absolute atomic E-state index is 11.5. The average Bonchev–Trinajstić information content (AvgIpc) is 3.22. The number of pyridine rings is 1. The van der Waals surface area contributed by atoms with Crippen molar-refractivity contribution in [2.24, 2.45) is 0 Å². The predicted octanol–water partition coefficient (Wildman–Crippen LogP) is 4.43. The third-order valence-corrected chi connectivity index (χ3v) is 4.38. The van der Waals surface area contributed by atoms with Crippen LogP contribution in [-0.4, -0.2) is 21.2 Å². The van der Waals surface area contributed by atoms with Gasteiger partial charge in [0.2, 0.25) is 0 Å². The van der Waals surface area contributed by atoms with Crippen LogP contribution in [0.3, 0.4) is 0 Å². The molecule has 1 unspecified atom stereocenters. The van der Waals surface area contributed by atoms with Crippen molar-refractivity contribution in [3.63, 3.8) is 0 Å². The van der Waals surface area contributed by atoms with Gasteiger partial charge in [-0.15, -0.1) is 0 Å². The topological polar surface area (TPSA) is 95.6 Å². The zero-order valence-corrected chi connectivity index (χ0v) is 14.2. The zero-order chi connectivity index (χ0) is 18.8. The van der Waals surface area contributed by atoms with Gasteiger partial charge in [0.15, 0.2) is 0 Å². The van der Waals surface area contributed by atoms with E-state index >= 15 is 0 Å². The Balaban J connectivity index is 1.85. The Morgan fingerprint density at radius 3 is 2.67 bits per heavy atom. The molecule has 6 heteroatoms. The van der Waals surface area contributed by atoms with Gasteiger partial charge in [0, 0.05) is 22.8 Å². The van der Waals surface area contributed by atoms with Gasteiger partial charge >= 0.3 is 5.97 Å². The first kappa shape index (κ1) is 16.7. The molecule has 2 aromatic heterocycles. The lowest BCUT2D eigenvalue weighted by Gasteiger charge is -2.21. The van der Waals surface area contributed by atoms with Crippen LogP contribution in [0.15, 0.2) is 77.5 Å². The number of furan rings is 1. The summed E-state index contributed by atoms with van der Waals surface area (Å²) in [5.74, 6) is -0.476. The number of phenols is 1. The fourth-order valence-electron chi connectivity index (χ4n) is 3.09. The van der Waals surface area contributed by atoms with Crippen LogP contribution in [0, 0.1) is 0 Å². The molecule has 27 heavy (non-hydrogen) atoms. The summed E-state index contributed by atoms with van der Waals surface area (Å²) in [5, 5.41) is 24.3. The standard InChI is InChI=1S/C21H16N2O4/c24-20-15(10-9-13-5-3-11-22-18(13)20)19(17-8-4-12-27-17)23-16-7-2-1-6-14(16)21(25)26/h1-12,19,23-24H,(H,25,26). The van der Waals surface area contributed by atoms with Crippen molar-refractivity contribution in [1.29, 1.82) is 0 Å².